The Bertz CT molecular complexity index is 977. The Morgan fingerprint density at radius 2 is 1.74 bits per heavy atom. The summed E-state index contributed by atoms with van der Waals surface area (Å²) < 4.78 is 6.06. The summed E-state index contributed by atoms with van der Waals surface area (Å²) >= 11 is 0. The lowest BCUT2D eigenvalue weighted by molar-refractivity contribution is -0.123. The third-order valence-corrected chi connectivity index (χ3v) is 5.99. The number of pyridine rings is 1. The molecule has 3 rings (SSSR count). The largest absolute Gasteiger partial charge is 0.491 e. The fraction of sp³-hybridized carbons (Fsp3) is 0.379. The van der Waals surface area contributed by atoms with Gasteiger partial charge in [-0.3, -0.25) is 9.78 Å². The van der Waals surface area contributed by atoms with Crippen molar-refractivity contribution in [2.45, 2.75) is 64.6 Å². The van der Waals surface area contributed by atoms with Crippen molar-refractivity contribution in [3.8, 4) is 5.75 Å². The van der Waals surface area contributed by atoms with E-state index in [-0.39, 0.29) is 24.0 Å². The maximum Gasteiger partial charge on any atom is 0.227 e. The number of nitrogens with zero attached hydrogens (tertiary/aromatic N) is 1. The number of carbonyl (C=O) groups excluding carboxylic acids is 1. The number of benzene rings is 2. The highest BCUT2D eigenvalue weighted by atomic mass is 16.5. The first kappa shape index (κ1) is 25.4. The number of aromatic nitrogens is 1. The molecular weight excluding hydrogens is 422 g/mol. The Kier molecular flexibility index (Phi) is 10.1. The second kappa shape index (κ2) is 13.5. The summed E-state index contributed by atoms with van der Waals surface area (Å²) in [5.74, 6) is 0.635. The predicted molar refractivity (Wildman–Crippen MR) is 138 cm³/mol. The molecule has 5 nitrogen and oxygen atoms in total. The van der Waals surface area contributed by atoms with E-state index in [9.17, 15) is 4.79 Å². The van der Waals surface area contributed by atoms with Crippen molar-refractivity contribution < 1.29 is 9.53 Å². The van der Waals surface area contributed by atoms with Crippen LogP contribution in [0, 0.1) is 0 Å². The first-order chi connectivity index (χ1) is 16.6. The van der Waals surface area contributed by atoms with Crippen LogP contribution >= 0.6 is 0 Å². The van der Waals surface area contributed by atoms with Gasteiger partial charge in [-0.25, -0.2) is 0 Å². The van der Waals surface area contributed by atoms with Crippen molar-refractivity contribution in [3.63, 3.8) is 0 Å². The van der Waals surface area contributed by atoms with Crippen LogP contribution in [-0.4, -0.2) is 23.5 Å². The van der Waals surface area contributed by atoms with Gasteiger partial charge in [0.15, 0.2) is 0 Å². The van der Waals surface area contributed by atoms with Crippen LogP contribution in [0.1, 0.15) is 68.7 Å². The molecule has 0 fully saturated rings. The van der Waals surface area contributed by atoms with Crippen molar-refractivity contribution in [1.82, 2.24) is 15.6 Å². The predicted octanol–water partition coefficient (Wildman–Crippen LogP) is 5.79. The normalized spacial score (nSPS) is 13.6. The molecule has 0 radical (unpaired) electrons. The molecule has 0 saturated heterocycles. The highest BCUT2D eigenvalue weighted by Gasteiger charge is 2.20. The molecule has 2 N–H and O–H groups in total. The van der Waals surface area contributed by atoms with E-state index in [1.165, 1.54) is 6.42 Å². The van der Waals surface area contributed by atoms with Crippen molar-refractivity contribution in [2.24, 2.45) is 0 Å². The zero-order chi connectivity index (χ0) is 24.2. The molecule has 0 aliphatic rings. The molecule has 1 aromatic heterocycles. The summed E-state index contributed by atoms with van der Waals surface area (Å²) in [5, 5.41) is 6.72. The molecular formula is C29H37N3O2. The number of ether oxygens (including phenoxy) is 1. The number of rotatable bonds is 13. The van der Waals surface area contributed by atoms with Gasteiger partial charge in [-0.1, -0.05) is 68.3 Å². The molecule has 34 heavy (non-hydrogen) atoms. The molecule has 0 spiro atoms. The summed E-state index contributed by atoms with van der Waals surface area (Å²) in [7, 11) is 0. The summed E-state index contributed by atoms with van der Waals surface area (Å²) in [4.78, 5) is 17.3. The van der Waals surface area contributed by atoms with E-state index >= 15 is 0 Å². The summed E-state index contributed by atoms with van der Waals surface area (Å²) in [6.45, 7) is 7.54. The third kappa shape index (κ3) is 7.99. The van der Waals surface area contributed by atoms with Crippen LogP contribution in [0.2, 0.25) is 0 Å². The van der Waals surface area contributed by atoms with Crippen LogP contribution in [0.25, 0.3) is 0 Å². The molecule has 1 heterocycles. The standard InChI is InChI=1S/C29H37N3O2/c1-4-5-10-22(2)34-27-16-14-26(15-17-27)28(21-31-20-24-11-9-18-30-19-24)32-29(33)23(3)25-12-7-6-8-13-25/h6-9,11-19,22-23,28,31H,4-5,10,20-21H2,1-3H3,(H,32,33). The Morgan fingerprint density at radius 3 is 2.41 bits per heavy atom. The van der Waals surface area contributed by atoms with Gasteiger partial charge in [-0.05, 0) is 55.2 Å². The second-order valence-corrected chi connectivity index (χ2v) is 8.83. The average molecular weight is 460 g/mol. The van der Waals surface area contributed by atoms with Crippen LogP contribution in [0.3, 0.4) is 0 Å². The van der Waals surface area contributed by atoms with Crippen molar-refractivity contribution in [1.29, 1.82) is 0 Å². The van der Waals surface area contributed by atoms with Gasteiger partial charge >= 0.3 is 0 Å². The number of amides is 1. The number of hydrogen-bond acceptors (Lipinski definition) is 4. The highest BCUT2D eigenvalue weighted by molar-refractivity contribution is 5.83. The van der Waals surface area contributed by atoms with E-state index in [0.29, 0.717) is 13.1 Å². The number of hydrogen-bond donors (Lipinski definition) is 2. The van der Waals surface area contributed by atoms with Crippen LogP contribution in [-0.2, 0) is 11.3 Å². The van der Waals surface area contributed by atoms with E-state index in [1.807, 2.05) is 79.9 Å². The van der Waals surface area contributed by atoms with Gasteiger partial charge in [-0.15, -0.1) is 0 Å². The maximum absolute atomic E-state index is 13.1. The first-order valence-electron chi connectivity index (χ1n) is 12.3. The Balaban J connectivity index is 1.68. The lowest BCUT2D eigenvalue weighted by Gasteiger charge is -2.23. The van der Waals surface area contributed by atoms with Crippen LogP contribution in [0.15, 0.2) is 79.1 Å². The molecule has 3 aromatic rings. The molecule has 0 aliphatic heterocycles. The zero-order valence-electron chi connectivity index (χ0n) is 20.5. The molecule has 3 atom stereocenters. The molecule has 0 saturated carbocycles. The summed E-state index contributed by atoms with van der Waals surface area (Å²) in [5.41, 5.74) is 3.16. The number of carbonyl (C=O) groups is 1. The lowest BCUT2D eigenvalue weighted by atomic mass is 9.99. The zero-order valence-corrected chi connectivity index (χ0v) is 20.5. The van der Waals surface area contributed by atoms with E-state index in [1.54, 1.807) is 6.20 Å². The SMILES string of the molecule is CCCCC(C)Oc1ccc(C(CNCc2cccnc2)NC(=O)C(C)c2ccccc2)cc1. The highest BCUT2D eigenvalue weighted by Crippen LogP contribution is 2.22. The Morgan fingerprint density at radius 1 is 0.971 bits per heavy atom. The van der Waals surface area contributed by atoms with Crippen LogP contribution in [0.4, 0.5) is 0 Å². The summed E-state index contributed by atoms with van der Waals surface area (Å²) in [6.07, 6.45) is 7.19. The van der Waals surface area contributed by atoms with Gasteiger partial charge < -0.3 is 15.4 Å². The van der Waals surface area contributed by atoms with Gasteiger partial charge in [0.25, 0.3) is 0 Å². The molecule has 0 aliphatic carbocycles. The van der Waals surface area contributed by atoms with Crippen molar-refractivity contribution in [2.75, 3.05) is 6.54 Å². The monoisotopic (exact) mass is 459 g/mol. The minimum Gasteiger partial charge on any atom is -0.491 e. The van der Waals surface area contributed by atoms with Crippen LogP contribution in [0.5, 0.6) is 5.75 Å². The van der Waals surface area contributed by atoms with Gasteiger partial charge in [0.2, 0.25) is 5.91 Å². The molecule has 3 unspecified atom stereocenters. The van der Waals surface area contributed by atoms with E-state index in [0.717, 1.165) is 35.3 Å². The van der Waals surface area contributed by atoms with Crippen LogP contribution < -0.4 is 15.4 Å². The maximum atomic E-state index is 13.1. The van der Waals surface area contributed by atoms with Gasteiger partial charge in [-0.2, -0.15) is 0 Å². The van der Waals surface area contributed by atoms with Crippen molar-refractivity contribution >= 4 is 5.91 Å². The number of unbranched alkanes of at least 4 members (excludes halogenated alkanes) is 1. The van der Waals surface area contributed by atoms with E-state index < -0.39 is 0 Å². The van der Waals surface area contributed by atoms with Gasteiger partial charge in [0, 0.05) is 25.5 Å². The average Bonchev–Trinajstić information content (AvgIpc) is 2.88. The Labute approximate surface area is 204 Å². The molecule has 2 aromatic carbocycles. The quantitative estimate of drug-likeness (QED) is 0.340. The topological polar surface area (TPSA) is 63.2 Å². The molecule has 1 amide bonds. The minimum atomic E-state index is -0.232. The second-order valence-electron chi connectivity index (χ2n) is 8.83. The molecule has 0 bridgehead atoms. The fourth-order valence-corrected chi connectivity index (χ4v) is 3.87. The molecule has 5 heteroatoms. The van der Waals surface area contributed by atoms with E-state index in [4.69, 9.17) is 4.74 Å². The van der Waals surface area contributed by atoms with Gasteiger partial charge in [0.1, 0.15) is 5.75 Å². The molecule has 180 valence electrons. The minimum absolute atomic E-state index is 0.00731. The van der Waals surface area contributed by atoms with E-state index in [2.05, 4.69) is 29.5 Å². The first-order valence-corrected chi connectivity index (χ1v) is 12.3. The Hall–Kier alpha value is -3.18. The number of nitrogens with one attached hydrogen (secondary N) is 2. The van der Waals surface area contributed by atoms with Gasteiger partial charge in [0.05, 0.1) is 18.1 Å². The summed E-state index contributed by atoms with van der Waals surface area (Å²) in [6, 6.07) is 21.8. The van der Waals surface area contributed by atoms with Crippen molar-refractivity contribution in [3.05, 3.63) is 95.8 Å². The smallest absolute Gasteiger partial charge is 0.227 e. The fourth-order valence-electron chi connectivity index (χ4n) is 3.87. The lowest BCUT2D eigenvalue weighted by Crippen LogP contribution is -2.37. The third-order valence-electron chi connectivity index (χ3n) is 5.99.